The highest BCUT2D eigenvalue weighted by Gasteiger charge is 2.53. The molecule has 0 aromatic carbocycles. The summed E-state index contributed by atoms with van der Waals surface area (Å²) in [6, 6.07) is 0. The monoisotopic (exact) mass is 193 g/mol. The van der Waals surface area contributed by atoms with E-state index in [4.69, 9.17) is 5.73 Å². The summed E-state index contributed by atoms with van der Waals surface area (Å²) in [4.78, 5) is 4.45. The normalized spacial score (nSPS) is 19.7. The molecule has 1 aliphatic rings. The highest BCUT2D eigenvalue weighted by molar-refractivity contribution is 5.23. The Morgan fingerprint density at radius 3 is 2.71 bits per heavy atom. The number of hydrogen-bond donors (Lipinski definition) is 1. The summed E-state index contributed by atoms with van der Waals surface area (Å²) in [5.41, 5.74) is 6.26. The summed E-state index contributed by atoms with van der Waals surface area (Å²) >= 11 is 0. The summed E-state index contributed by atoms with van der Waals surface area (Å²) in [7, 11) is 0. The van der Waals surface area contributed by atoms with E-state index in [2.05, 4.69) is 30.3 Å². The van der Waals surface area contributed by atoms with E-state index in [9.17, 15) is 0 Å². The van der Waals surface area contributed by atoms with Gasteiger partial charge in [-0.05, 0) is 19.8 Å². The Kier molecular flexibility index (Phi) is 1.96. The lowest BCUT2D eigenvalue weighted by atomic mass is 9.81. The van der Waals surface area contributed by atoms with Crippen LogP contribution in [0.2, 0.25) is 0 Å². The lowest BCUT2D eigenvalue weighted by Gasteiger charge is -2.31. The third kappa shape index (κ3) is 1.19. The zero-order valence-corrected chi connectivity index (χ0v) is 9.25. The molecule has 2 N–H and O–H groups in total. The molecular formula is C11H19N3. The highest BCUT2D eigenvalue weighted by atomic mass is 15.1. The fourth-order valence-electron chi connectivity index (χ4n) is 2.09. The molecule has 0 saturated heterocycles. The Hall–Kier alpha value is -0.830. The second-order valence-corrected chi connectivity index (χ2v) is 4.82. The van der Waals surface area contributed by atoms with Gasteiger partial charge in [0, 0.05) is 29.9 Å². The van der Waals surface area contributed by atoms with E-state index < -0.39 is 0 Å². The van der Waals surface area contributed by atoms with Gasteiger partial charge in [0.25, 0.3) is 0 Å². The lowest BCUT2D eigenvalue weighted by molar-refractivity contribution is 0.356. The van der Waals surface area contributed by atoms with Crippen molar-refractivity contribution in [3.05, 3.63) is 18.2 Å². The van der Waals surface area contributed by atoms with Gasteiger partial charge in [0.2, 0.25) is 0 Å². The van der Waals surface area contributed by atoms with Gasteiger partial charge in [0.1, 0.15) is 5.82 Å². The third-order valence-electron chi connectivity index (χ3n) is 3.65. The molecule has 0 spiro atoms. The molecule has 3 heteroatoms. The highest BCUT2D eigenvalue weighted by Crippen LogP contribution is 2.48. The standard InChI is InChI=1S/C11H19N3/c1-4-14-8-7-13-9(14)10(2,3)11(12)5-6-11/h7-8H,4-6,12H2,1-3H3. The second kappa shape index (κ2) is 2.83. The average molecular weight is 193 g/mol. The number of aromatic nitrogens is 2. The van der Waals surface area contributed by atoms with E-state index >= 15 is 0 Å². The van der Waals surface area contributed by atoms with Crippen LogP contribution in [-0.2, 0) is 12.0 Å². The molecule has 0 bridgehead atoms. The molecule has 1 aromatic rings. The van der Waals surface area contributed by atoms with Crippen molar-refractivity contribution in [1.29, 1.82) is 0 Å². The first-order valence-corrected chi connectivity index (χ1v) is 5.32. The molecule has 78 valence electrons. The van der Waals surface area contributed by atoms with Gasteiger partial charge in [0.05, 0.1) is 0 Å². The minimum absolute atomic E-state index is 0.00743. The van der Waals surface area contributed by atoms with Crippen LogP contribution < -0.4 is 5.73 Å². The van der Waals surface area contributed by atoms with Crippen molar-refractivity contribution in [1.82, 2.24) is 9.55 Å². The summed E-state index contributed by atoms with van der Waals surface area (Å²) in [5.74, 6) is 1.13. The maximum Gasteiger partial charge on any atom is 0.116 e. The van der Waals surface area contributed by atoms with Gasteiger partial charge in [-0.1, -0.05) is 13.8 Å². The average Bonchev–Trinajstić information content (AvgIpc) is 2.73. The van der Waals surface area contributed by atoms with Gasteiger partial charge >= 0.3 is 0 Å². The van der Waals surface area contributed by atoms with E-state index in [1.165, 1.54) is 0 Å². The van der Waals surface area contributed by atoms with Crippen molar-refractivity contribution in [2.45, 2.75) is 51.1 Å². The van der Waals surface area contributed by atoms with Crippen LogP contribution in [0, 0.1) is 0 Å². The Labute approximate surface area is 85.3 Å². The Bertz CT molecular complexity index is 334. The van der Waals surface area contributed by atoms with Crippen molar-refractivity contribution < 1.29 is 0 Å². The first kappa shape index (κ1) is 9.71. The van der Waals surface area contributed by atoms with Crippen LogP contribution >= 0.6 is 0 Å². The van der Waals surface area contributed by atoms with Gasteiger partial charge in [-0.15, -0.1) is 0 Å². The Morgan fingerprint density at radius 1 is 1.57 bits per heavy atom. The van der Waals surface area contributed by atoms with Crippen LogP contribution in [-0.4, -0.2) is 15.1 Å². The first-order valence-electron chi connectivity index (χ1n) is 5.32. The molecule has 0 aliphatic heterocycles. The number of nitrogens with two attached hydrogens (primary N) is 1. The number of nitrogens with zero attached hydrogens (tertiary/aromatic N) is 2. The Morgan fingerprint density at radius 2 is 2.21 bits per heavy atom. The predicted octanol–water partition coefficient (Wildman–Crippen LogP) is 1.67. The molecule has 1 aromatic heterocycles. The molecule has 1 fully saturated rings. The maximum atomic E-state index is 6.29. The minimum atomic E-state index is -0.0225. The SMILES string of the molecule is CCn1ccnc1C(C)(C)C1(N)CC1. The fraction of sp³-hybridized carbons (Fsp3) is 0.727. The van der Waals surface area contributed by atoms with Gasteiger partial charge in [-0.25, -0.2) is 4.98 Å². The Balaban J connectivity index is 2.38. The van der Waals surface area contributed by atoms with Crippen molar-refractivity contribution in [3.8, 4) is 0 Å². The molecule has 1 saturated carbocycles. The number of hydrogen-bond acceptors (Lipinski definition) is 2. The number of rotatable bonds is 3. The molecule has 1 heterocycles. The van der Waals surface area contributed by atoms with E-state index in [0.717, 1.165) is 25.2 Å². The molecule has 14 heavy (non-hydrogen) atoms. The van der Waals surface area contributed by atoms with Crippen LogP contribution in [0.1, 0.15) is 39.4 Å². The lowest BCUT2D eigenvalue weighted by Crippen LogP contribution is -2.45. The molecule has 2 rings (SSSR count). The maximum absolute atomic E-state index is 6.29. The summed E-state index contributed by atoms with van der Waals surface area (Å²) in [5, 5.41) is 0. The molecule has 0 radical (unpaired) electrons. The van der Waals surface area contributed by atoms with Crippen LogP contribution in [0.25, 0.3) is 0 Å². The van der Waals surface area contributed by atoms with Gasteiger partial charge in [0.15, 0.2) is 0 Å². The van der Waals surface area contributed by atoms with E-state index in [-0.39, 0.29) is 11.0 Å². The van der Waals surface area contributed by atoms with Gasteiger partial charge < -0.3 is 10.3 Å². The summed E-state index contributed by atoms with van der Waals surface area (Å²) in [6.07, 6.45) is 6.14. The van der Waals surface area contributed by atoms with Crippen LogP contribution in [0.3, 0.4) is 0 Å². The van der Waals surface area contributed by atoms with Gasteiger partial charge in [-0.3, -0.25) is 0 Å². The third-order valence-corrected chi connectivity index (χ3v) is 3.65. The summed E-state index contributed by atoms with van der Waals surface area (Å²) in [6.45, 7) is 7.51. The zero-order chi connectivity index (χ0) is 10.4. The van der Waals surface area contributed by atoms with Crippen LogP contribution in [0.4, 0.5) is 0 Å². The van der Waals surface area contributed by atoms with E-state index in [0.29, 0.717) is 0 Å². The predicted molar refractivity (Wildman–Crippen MR) is 57.1 cm³/mol. The fourth-order valence-corrected chi connectivity index (χ4v) is 2.09. The van der Waals surface area contributed by atoms with Gasteiger partial charge in [-0.2, -0.15) is 0 Å². The van der Waals surface area contributed by atoms with Crippen molar-refractivity contribution >= 4 is 0 Å². The summed E-state index contributed by atoms with van der Waals surface area (Å²) < 4.78 is 2.19. The minimum Gasteiger partial charge on any atom is -0.335 e. The van der Waals surface area contributed by atoms with Crippen molar-refractivity contribution in [2.24, 2.45) is 5.73 Å². The van der Waals surface area contributed by atoms with Crippen LogP contribution in [0.5, 0.6) is 0 Å². The molecule has 0 amide bonds. The second-order valence-electron chi connectivity index (χ2n) is 4.82. The first-order chi connectivity index (χ1) is 6.51. The topological polar surface area (TPSA) is 43.8 Å². The largest absolute Gasteiger partial charge is 0.335 e. The molecule has 0 unspecified atom stereocenters. The molecule has 1 aliphatic carbocycles. The van der Waals surface area contributed by atoms with E-state index in [1.54, 1.807) is 0 Å². The zero-order valence-electron chi connectivity index (χ0n) is 9.25. The van der Waals surface area contributed by atoms with Crippen molar-refractivity contribution in [2.75, 3.05) is 0 Å². The molecule has 3 nitrogen and oxygen atoms in total. The molecule has 0 atom stereocenters. The quantitative estimate of drug-likeness (QED) is 0.793. The number of aryl methyl sites for hydroxylation is 1. The van der Waals surface area contributed by atoms with E-state index in [1.807, 2.05) is 12.4 Å². The number of imidazole rings is 1. The molecular weight excluding hydrogens is 174 g/mol. The van der Waals surface area contributed by atoms with Crippen LogP contribution in [0.15, 0.2) is 12.4 Å². The van der Waals surface area contributed by atoms with Crippen molar-refractivity contribution in [3.63, 3.8) is 0 Å². The smallest absolute Gasteiger partial charge is 0.116 e.